The summed E-state index contributed by atoms with van der Waals surface area (Å²) in [6, 6.07) is 9.79. The summed E-state index contributed by atoms with van der Waals surface area (Å²) in [5.41, 5.74) is 1.37. The van der Waals surface area contributed by atoms with Crippen LogP contribution in [0, 0.1) is 5.82 Å². The summed E-state index contributed by atoms with van der Waals surface area (Å²) in [6.07, 6.45) is 0.433. The lowest BCUT2D eigenvalue weighted by Gasteiger charge is -2.19. The minimum Gasteiger partial charge on any atom is -0.313 e. The van der Waals surface area contributed by atoms with Gasteiger partial charge in [0.2, 0.25) is 0 Å². The van der Waals surface area contributed by atoms with E-state index in [0.29, 0.717) is 27.1 Å². The average molecular weight is 333 g/mol. The van der Waals surface area contributed by atoms with E-state index in [2.05, 4.69) is 5.32 Å². The maximum atomic E-state index is 13.8. The van der Waals surface area contributed by atoms with Crippen LogP contribution in [0.4, 0.5) is 4.39 Å². The van der Waals surface area contributed by atoms with Crippen molar-refractivity contribution in [3.05, 3.63) is 68.4 Å². The summed E-state index contributed by atoms with van der Waals surface area (Å²) in [5, 5.41) is 4.60. The Kier molecular flexibility index (Phi) is 5.28. The minimum absolute atomic E-state index is 0.144. The molecule has 1 nitrogen and oxygen atoms in total. The van der Waals surface area contributed by atoms with Gasteiger partial charge in [-0.2, -0.15) is 0 Å². The number of halogens is 4. The van der Waals surface area contributed by atoms with Crippen LogP contribution >= 0.6 is 34.8 Å². The van der Waals surface area contributed by atoms with Crippen molar-refractivity contribution in [2.45, 2.75) is 12.5 Å². The van der Waals surface area contributed by atoms with E-state index in [1.807, 2.05) is 12.1 Å². The average Bonchev–Trinajstić information content (AvgIpc) is 2.43. The molecule has 0 aliphatic rings. The third-order valence-corrected chi connectivity index (χ3v) is 4.21. The van der Waals surface area contributed by atoms with Gasteiger partial charge >= 0.3 is 0 Å². The van der Waals surface area contributed by atoms with Gasteiger partial charge < -0.3 is 5.32 Å². The first-order valence-electron chi connectivity index (χ1n) is 6.08. The van der Waals surface area contributed by atoms with Crippen LogP contribution in [0.25, 0.3) is 0 Å². The van der Waals surface area contributed by atoms with Gasteiger partial charge in [-0.05, 0) is 48.9 Å². The van der Waals surface area contributed by atoms with Crippen molar-refractivity contribution in [1.82, 2.24) is 5.32 Å². The summed E-state index contributed by atoms with van der Waals surface area (Å²) in [7, 11) is 1.80. The van der Waals surface area contributed by atoms with E-state index in [9.17, 15) is 4.39 Å². The summed E-state index contributed by atoms with van der Waals surface area (Å²) >= 11 is 18.1. The first kappa shape index (κ1) is 15.6. The molecule has 0 aliphatic carbocycles. The van der Waals surface area contributed by atoms with Crippen LogP contribution in [-0.2, 0) is 6.42 Å². The fourth-order valence-corrected chi connectivity index (χ4v) is 2.71. The minimum atomic E-state index is -0.284. The van der Waals surface area contributed by atoms with Crippen LogP contribution in [0.3, 0.4) is 0 Å². The Bertz CT molecular complexity index is 616. The molecule has 1 N–H and O–H groups in total. The normalized spacial score (nSPS) is 12.4. The molecule has 5 heteroatoms. The Morgan fingerprint density at radius 3 is 2.60 bits per heavy atom. The number of rotatable bonds is 4. The van der Waals surface area contributed by atoms with Gasteiger partial charge in [-0.15, -0.1) is 0 Å². The topological polar surface area (TPSA) is 12.0 Å². The Labute approximate surface area is 132 Å². The van der Waals surface area contributed by atoms with Crippen LogP contribution < -0.4 is 5.32 Å². The molecule has 1 unspecified atom stereocenters. The lowest BCUT2D eigenvalue weighted by atomic mass is 9.98. The number of hydrogen-bond acceptors (Lipinski definition) is 1. The molecule has 0 radical (unpaired) electrons. The third kappa shape index (κ3) is 3.44. The molecule has 0 fully saturated rings. The molecule has 2 aromatic carbocycles. The van der Waals surface area contributed by atoms with E-state index < -0.39 is 0 Å². The molecule has 0 aliphatic heterocycles. The number of likely N-dealkylation sites (N-methyl/N-ethyl adjacent to an activating group) is 1. The van der Waals surface area contributed by atoms with E-state index >= 15 is 0 Å². The highest BCUT2D eigenvalue weighted by atomic mass is 35.5. The molecule has 0 spiro atoms. The zero-order chi connectivity index (χ0) is 14.7. The van der Waals surface area contributed by atoms with Gasteiger partial charge in [0.15, 0.2) is 0 Å². The highest BCUT2D eigenvalue weighted by molar-refractivity contribution is 6.42. The molecule has 0 bridgehead atoms. The molecule has 0 heterocycles. The largest absolute Gasteiger partial charge is 0.313 e. The second-order valence-electron chi connectivity index (χ2n) is 4.42. The maximum absolute atomic E-state index is 13.8. The van der Waals surface area contributed by atoms with Crippen molar-refractivity contribution >= 4 is 34.8 Å². The summed E-state index contributed by atoms with van der Waals surface area (Å²) < 4.78 is 13.8. The Balaban J connectivity index is 2.34. The summed E-state index contributed by atoms with van der Waals surface area (Å²) in [6.45, 7) is 0. The zero-order valence-corrected chi connectivity index (χ0v) is 13.0. The van der Waals surface area contributed by atoms with E-state index in [1.165, 1.54) is 12.1 Å². The van der Waals surface area contributed by atoms with Crippen LogP contribution in [0.5, 0.6) is 0 Å². The predicted molar refractivity (Wildman–Crippen MR) is 83.4 cm³/mol. The highest BCUT2D eigenvalue weighted by Gasteiger charge is 2.17. The maximum Gasteiger partial charge on any atom is 0.126 e. The van der Waals surface area contributed by atoms with E-state index in [4.69, 9.17) is 34.8 Å². The number of nitrogens with one attached hydrogen (secondary N) is 1. The van der Waals surface area contributed by atoms with Crippen molar-refractivity contribution in [1.29, 1.82) is 0 Å². The lowest BCUT2D eigenvalue weighted by Crippen LogP contribution is -2.19. The smallest absolute Gasteiger partial charge is 0.126 e. The molecule has 0 saturated carbocycles. The number of hydrogen-bond donors (Lipinski definition) is 1. The summed E-state index contributed by atoms with van der Waals surface area (Å²) in [4.78, 5) is 0. The first-order chi connectivity index (χ1) is 9.52. The SMILES string of the molecule is CNC(Cc1cc(Cl)ccc1F)c1cccc(Cl)c1Cl. The van der Waals surface area contributed by atoms with E-state index in [-0.39, 0.29) is 11.9 Å². The third-order valence-electron chi connectivity index (χ3n) is 3.14. The standard InChI is InChI=1S/C15H13Cl3FN/c1-20-14(11-3-2-4-12(17)15(11)18)8-9-7-10(16)5-6-13(9)19/h2-7,14,20H,8H2,1H3. The fourth-order valence-electron chi connectivity index (χ4n) is 2.08. The van der Waals surface area contributed by atoms with Crippen LogP contribution in [0.1, 0.15) is 17.2 Å². The first-order valence-corrected chi connectivity index (χ1v) is 7.21. The predicted octanol–water partition coefficient (Wildman–Crippen LogP) is 5.29. The van der Waals surface area contributed by atoms with Gasteiger partial charge in [-0.25, -0.2) is 4.39 Å². The van der Waals surface area contributed by atoms with Gasteiger partial charge in [-0.1, -0.05) is 46.9 Å². The van der Waals surface area contributed by atoms with Crippen LogP contribution in [-0.4, -0.2) is 7.05 Å². The second-order valence-corrected chi connectivity index (χ2v) is 5.65. The highest BCUT2D eigenvalue weighted by Crippen LogP contribution is 2.32. The Hall–Kier alpha value is -0.800. The van der Waals surface area contributed by atoms with Gasteiger partial charge in [0.05, 0.1) is 10.0 Å². The van der Waals surface area contributed by atoms with Crippen molar-refractivity contribution in [2.24, 2.45) is 0 Å². The molecule has 2 aromatic rings. The van der Waals surface area contributed by atoms with Crippen molar-refractivity contribution < 1.29 is 4.39 Å². The zero-order valence-electron chi connectivity index (χ0n) is 10.8. The molecule has 2 rings (SSSR count). The monoisotopic (exact) mass is 331 g/mol. The molecule has 0 aromatic heterocycles. The van der Waals surface area contributed by atoms with E-state index in [1.54, 1.807) is 19.2 Å². The van der Waals surface area contributed by atoms with Crippen molar-refractivity contribution in [3.63, 3.8) is 0 Å². The van der Waals surface area contributed by atoms with E-state index in [0.717, 1.165) is 5.56 Å². The molecule has 1 atom stereocenters. The lowest BCUT2D eigenvalue weighted by molar-refractivity contribution is 0.554. The van der Waals surface area contributed by atoms with Crippen molar-refractivity contribution in [2.75, 3.05) is 7.05 Å². The second kappa shape index (κ2) is 6.77. The fraction of sp³-hybridized carbons (Fsp3) is 0.200. The van der Waals surface area contributed by atoms with Crippen LogP contribution in [0.2, 0.25) is 15.1 Å². The van der Waals surface area contributed by atoms with Gasteiger partial charge in [0.25, 0.3) is 0 Å². The van der Waals surface area contributed by atoms with Crippen molar-refractivity contribution in [3.8, 4) is 0 Å². The number of benzene rings is 2. The Morgan fingerprint density at radius 2 is 1.90 bits per heavy atom. The molecular weight excluding hydrogens is 320 g/mol. The molecular formula is C15H13Cl3FN. The molecule has 0 saturated heterocycles. The van der Waals surface area contributed by atoms with Gasteiger partial charge in [-0.3, -0.25) is 0 Å². The van der Waals surface area contributed by atoms with Gasteiger partial charge in [0.1, 0.15) is 5.82 Å². The quantitative estimate of drug-likeness (QED) is 0.802. The summed E-state index contributed by atoms with van der Waals surface area (Å²) in [5.74, 6) is -0.284. The molecule has 106 valence electrons. The molecule has 0 amide bonds. The Morgan fingerprint density at radius 1 is 1.15 bits per heavy atom. The van der Waals surface area contributed by atoms with Crippen LogP contribution in [0.15, 0.2) is 36.4 Å². The van der Waals surface area contributed by atoms with Gasteiger partial charge in [0, 0.05) is 11.1 Å². The molecule has 20 heavy (non-hydrogen) atoms.